The van der Waals surface area contributed by atoms with E-state index in [4.69, 9.17) is 4.98 Å². The zero-order valence-electron chi connectivity index (χ0n) is 17.5. The molecule has 0 saturated heterocycles. The number of hydrogen-bond donors (Lipinski definition) is 1. The number of rotatable bonds is 7. The Morgan fingerprint density at radius 2 is 2.04 bits per heavy atom. The van der Waals surface area contributed by atoms with Crippen molar-refractivity contribution in [2.75, 3.05) is 11.9 Å². The van der Waals surface area contributed by atoms with Crippen LogP contribution in [0.5, 0.6) is 0 Å². The van der Waals surface area contributed by atoms with Crippen LogP contribution in [-0.2, 0) is 6.54 Å². The van der Waals surface area contributed by atoms with Crippen LogP contribution < -0.4 is 10.2 Å². The Morgan fingerprint density at radius 1 is 1.29 bits per heavy atom. The van der Waals surface area contributed by atoms with Gasteiger partial charge in [-0.2, -0.15) is 0 Å². The number of benzene rings is 1. The summed E-state index contributed by atoms with van der Waals surface area (Å²) in [5, 5.41) is 3.53. The Hall–Kier alpha value is -2.27. The molecule has 0 unspecified atom stereocenters. The minimum Gasteiger partial charge on any atom is -0.341 e. The van der Waals surface area contributed by atoms with Crippen molar-refractivity contribution in [1.82, 2.24) is 15.3 Å². The third kappa shape index (κ3) is 4.96. The first-order valence-electron chi connectivity index (χ1n) is 10.4. The molecule has 1 fully saturated rings. The van der Waals surface area contributed by atoms with E-state index >= 15 is 0 Å². The van der Waals surface area contributed by atoms with Crippen molar-refractivity contribution in [2.45, 2.75) is 71.5 Å². The van der Waals surface area contributed by atoms with Crippen LogP contribution in [0.3, 0.4) is 0 Å². The third-order valence-electron chi connectivity index (χ3n) is 5.85. The minimum absolute atomic E-state index is 0.0943. The van der Waals surface area contributed by atoms with E-state index in [1.165, 1.54) is 32.1 Å². The van der Waals surface area contributed by atoms with Gasteiger partial charge in [0.1, 0.15) is 0 Å². The van der Waals surface area contributed by atoms with Gasteiger partial charge in [-0.1, -0.05) is 37.5 Å². The van der Waals surface area contributed by atoms with E-state index in [9.17, 15) is 4.79 Å². The van der Waals surface area contributed by atoms with Crippen LogP contribution in [0, 0.1) is 6.92 Å². The Balaban J connectivity index is 1.64. The van der Waals surface area contributed by atoms with Crippen LogP contribution >= 0.6 is 0 Å². The lowest BCUT2D eigenvalue weighted by Crippen LogP contribution is -2.34. The van der Waals surface area contributed by atoms with Crippen molar-refractivity contribution in [3.8, 4) is 0 Å². The van der Waals surface area contributed by atoms with E-state index < -0.39 is 0 Å². The molecule has 0 amide bonds. The van der Waals surface area contributed by atoms with Gasteiger partial charge in [0.15, 0.2) is 5.78 Å². The predicted octanol–water partition coefficient (Wildman–Crippen LogP) is 4.61. The molecule has 1 aliphatic rings. The Bertz CT molecular complexity index is 814. The first-order valence-corrected chi connectivity index (χ1v) is 10.4. The lowest BCUT2D eigenvalue weighted by atomic mass is 9.95. The molecule has 0 radical (unpaired) electrons. The molecule has 1 aromatic carbocycles. The van der Waals surface area contributed by atoms with Crippen molar-refractivity contribution < 1.29 is 4.79 Å². The molecular formula is C23H32N4O. The molecular weight excluding hydrogens is 348 g/mol. The first-order chi connectivity index (χ1) is 13.5. The molecule has 1 atom stereocenters. The molecule has 28 heavy (non-hydrogen) atoms. The van der Waals surface area contributed by atoms with Crippen LogP contribution in [-0.4, -0.2) is 28.8 Å². The summed E-state index contributed by atoms with van der Waals surface area (Å²) in [4.78, 5) is 23.3. The van der Waals surface area contributed by atoms with Crippen molar-refractivity contribution >= 4 is 11.7 Å². The van der Waals surface area contributed by atoms with Gasteiger partial charge in [-0.3, -0.25) is 4.79 Å². The number of hydrogen-bond acceptors (Lipinski definition) is 5. The van der Waals surface area contributed by atoms with Gasteiger partial charge >= 0.3 is 0 Å². The van der Waals surface area contributed by atoms with Crippen molar-refractivity contribution in [1.29, 1.82) is 0 Å². The first kappa shape index (κ1) is 20.5. The second-order valence-electron chi connectivity index (χ2n) is 7.97. The van der Waals surface area contributed by atoms with E-state index in [1.807, 2.05) is 30.5 Å². The van der Waals surface area contributed by atoms with E-state index in [0.717, 1.165) is 28.3 Å². The molecule has 150 valence electrons. The van der Waals surface area contributed by atoms with Gasteiger partial charge in [0, 0.05) is 48.7 Å². The van der Waals surface area contributed by atoms with E-state index in [1.54, 1.807) is 6.92 Å². The van der Waals surface area contributed by atoms with E-state index in [-0.39, 0.29) is 11.8 Å². The molecule has 0 spiro atoms. The van der Waals surface area contributed by atoms with Crippen LogP contribution in [0.4, 0.5) is 5.95 Å². The largest absolute Gasteiger partial charge is 0.341 e. The minimum atomic E-state index is 0.0943. The van der Waals surface area contributed by atoms with Crippen LogP contribution in [0.1, 0.15) is 79.2 Å². The molecule has 1 aromatic heterocycles. The van der Waals surface area contributed by atoms with Gasteiger partial charge in [0.25, 0.3) is 0 Å². The topological polar surface area (TPSA) is 58.1 Å². The van der Waals surface area contributed by atoms with Gasteiger partial charge < -0.3 is 10.2 Å². The highest BCUT2D eigenvalue weighted by molar-refractivity contribution is 5.94. The van der Waals surface area contributed by atoms with E-state index in [2.05, 4.69) is 36.1 Å². The van der Waals surface area contributed by atoms with Crippen molar-refractivity contribution in [3.05, 3.63) is 52.8 Å². The average Bonchev–Trinajstić information content (AvgIpc) is 2.72. The fraction of sp³-hybridized carbons (Fsp3) is 0.522. The van der Waals surface area contributed by atoms with Gasteiger partial charge in [-0.25, -0.2) is 9.97 Å². The fourth-order valence-electron chi connectivity index (χ4n) is 3.97. The fourth-order valence-corrected chi connectivity index (χ4v) is 3.97. The number of aryl methyl sites for hydroxylation is 1. The molecule has 5 nitrogen and oxygen atoms in total. The van der Waals surface area contributed by atoms with Gasteiger partial charge in [0.2, 0.25) is 5.95 Å². The van der Waals surface area contributed by atoms with Crippen LogP contribution in [0.25, 0.3) is 0 Å². The summed E-state index contributed by atoms with van der Waals surface area (Å²) in [7, 11) is 2.12. The number of Topliss-reactive ketones (excluding diaryl/α,β-unsaturated/α-hetero) is 1. The highest BCUT2D eigenvalue weighted by Gasteiger charge is 2.21. The normalized spacial score (nSPS) is 16.0. The van der Waals surface area contributed by atoms with Gasteiger partial charge in [0.05, 0.1) is 0 Å². The average molecular weight is 381 g/mol. The molecule has 0 bridgehead atoms. The van der Waals surface area contributed by atoms with Crippen LogP contribution in [0.15, 0.2) is 30.5 Å². The number of ketones is 1. The number of anilines is 1. The SMILES string of the molecule is CC(=O)c1cccc(CN[C@H](C)c2cnc(N(C)C3CCCCC3)nc2C)c1. The summed E-state index contributed by atoms with van der Waals surface area (Å²) in [5.41, 5.74) is 3.99. The second-order valence-corrected chi connectivity index (χ2v) is 7.97. The number of nitrogens with zero attached hydrogens (tertiary/aromatic N) is 3. The lowest BCUT2D eigenvalue weighted by molar-refractivity contribution is 0.101. The smallest absolute Gasteiger partial charge is 0.225 e. The lowest BCUT2D eigenvalue weighted by Gasteiger charge is -2.31. The third-order valence-corrected chi connectivity index (χ3v) is 5.85. The molecule has 1 N–H and O–H groups in total. The number of aromatic nitrogens is 2. The summed E-state index contributed by atoms with van der Waals surface area (Å²) >= 11 is 0. The molecule has 1 saturated carbocycles. The zero-order chi connectivity index (χ0) is 20.1. The van der Waals surface area contributed by atoms with E-state index in [0.29, 0.717) is 12.6 Å². The van der Waals surface area contributed by atoms with Crippen LogP contribution in [0.2, 0.25) is 0 Å². The second kappa shape index (κ2) is 9.28. The summed E-state index contributed by atoms with van der Waals surface area (Å²) < 4.78 is 0. The summed E-state index contributed by atoms with van der Waals surface area (Å²) in [6, 6.07) is 8.47. The number of nitrogens with one attached hydrogen (secondary N) is 1. The molecule has 3 rings (SSSR count). The predicted molar refractivity (Wildman–Crippen MR) is 114 cm³/mol. The van der Waals surface area contributed by atoms with Crippen molar-refractivity contribution in [3.63, 3.8) is 0 Å². The summed E-state index contributed by atoms with van der Waals surface area (Å²) in [5.74, 6) is 0.923. The standard InChI is InChI=1S/C23H32N4O/c1-16(24-14-19-9-8-10-20(13-19)18(3)28)22-15-25-23(26-17(22)2)27(4)21-11-6-5-7-12-21/h8-10,13,15-16,21,24H,5-7,11-12,14H2,1-4H3/t16-/m1/s1. The quantitative estimate of drug-likeness (QED) is 0.711. The maximum absolute atomic E-state index is 11.6. The maximum atomic E-state index is 11.6. The van der Waals surface area contributed by atoms with Gasteiger partial charge in [-0.15, -0.1) is 0 Å². The van der Waals surface area contributed by atoms with Crippen molar-refractivity contribution in [2.24, 2.45) is 0 Å². The maximum Gasteiger partial charge on any atom is 0.225 e. The number of carbonyl (C=O) groups excluding carboxylic acids is 1. The highest BCUT2D eigenvalue weighted by Crippen LogP contribution is 2.25. The Kier molecular flexibility index (Phi) is 6.79. The molecule has 1 heterocycles. The highest BCUT2D eigenvalue weighted by atomic mass is 16.1. The zero-order valence-corrected chi connectivity index (χ0v) is 17.5. The van der Waals surface area contributed by atoms with Gasteiger partial charge in [-0.05, 0) is 45.2 Å². The molecule has 2 aromatic rings. The molecule has 0 aliphatic heterocycles. The molecule has 5 heteroatoms. The summed E-state index contributed by atoms with van der Waals surface area (Å²) in [6.07, 6.45) is 8.38. The number of carbonyl (C=O) groups is 1. The summed E-state index contributed by atoms with van der Waals surface area (Å²) in [6.45, 7) is 6.49. The Labute approximate surface area is 168 Å². The Morgan fingerprint density at radius 3 is 2.71 bits per heavy atom. The molecule has 1 aliphatic carbocycles. The monoisotopic (exact) mass is 380 g/mol.